The van der Waals surface area contributed by atoms with Crippen molar-refractivity contribution < 1.29 is 13.5 Å². The van der Waals surface area contributed by atoms with Gasteiger partial charge in [0, 0.05) is 0 Å². The second kappa shape index (κ2) is 6.23. The first-order valence-electron chi connectivity index (χ1n) is 6.24. The highest BCUT2D eigenvalue weighted by Gasteiger charge is 2.12. The summed E-state index contributed by atoms with van der Waals surface area (Å²) >= 11 is 6.34. The SMILES string of the molecule is COc1ccc(C(Cl)Cc2ccc(F)c(F)c2)cc1C. The molecule has 0 spiro atoms. The number of alkyl halides is 1. The van der Waals surface area contributed by atoms with E-state index in [0.717, 1.165) is 22.9 Å². The van der Waals surface area contributed by atoms with Gasteiger partial charge in [0.1, 0.15) is 5.75 Å². The largest absolute Gasteiger partial charge is 0.496 e. The predicted molar refractivity (Wildman–Crippen MR) is 76.4 cm³/mol. The summed E-state index contributed by atoms with van der Waals surface area (Å²) in [5, 5.41) is -0.301. The first kappa shape index (κ1) is 14.8. The minimum atomic E-state index is -0.850. The van der Waals surface area contributed by atoms with Gasteiger partial charge in [-0.2, -0.15) is 0 Å². The Balaban J connectivity index is 2.17. The fraction of sp³-hybridized carbons (Fsp3) is 0.250. The van der Waals surface area contributed by atoms with E-state index in [0.29, 0.717) is 12.0 Å². The Kier molecular flexibility index (Phi) is 4.61. The Bertz CT molecular complexity index is 613. The van der Waals surface area contributed by atoms with Crippen LogP contribution in [0.2, 0.25) is 0 Å². The van der Waals surface area contributed by atoms with Crippen LogP contribution in [0.3, 0.4) is 0 Å². The third-order valence-corrected chi connectivity index (χ3v) is 3.59. The smallest absolute Gasteiger partial charge is 0.159 e. The average molecular weight is 297 g/mol. The summed E-state index contributed by atoms with van der Waals surface area (Å²) in [7, 11) is 1.61. The van der Waals surface area contributed by atoms with Gasteiger partial charge in [-0.05, 0) is 48.2 Å². The van der Waals surface area contributed by atoms with Crippen LogP contribution in [0.25, 0.3) is 0 Å². The van der Waals surface area contributed by atoms with Crippen LogP contribution >= 0.6 is 11.6 Å². The third kappa shape index (κ3) is 3.28. The van der Waals surface area contributed by atoms with Crippen molar-refractivity contribution in [3.8, 4) is 5.75 Å². The van der Waals surface area contributed by atoms with Crippen LogP contribution in [0.5, 0.6) is 5.75 Å². The number of rotatable bonds is 4. The molecule has 0 aliphatic heterocycles. The Morgan fingerprint density at radius 1 is 1.10 bits per heavy atom. The van der Waals surface area contributed by atoms with E-state index >= 15 is 0 Å². The number of hydrogen-bond acceptors (Lipinski definition) is 1. The van der Waals surface area contributed by atoms with Crippen molar-refractivity contribution in [3.63, 3.8) is 0 Å². The van der Waals surface area contributed by atoms with Crippen molar-refractivity contribution in [2.45, 2.75) is 18.7 Å². The quantitative estimate of drug-likeness (QED) is 0.736. The van der Waals surface area contributed by atoms with Crippen LogP contribution in [-0.4, -0.2) is 7.11 Å². The first-order valence-corrected chi connectivity index (χ1v) is 6.67. The van der Waals surface area contributed by atoms with E-state index in [9.17, 15) is 8.78 Å². The number of ether oxygens (including phenoxy) is 1. The van der Waals surface area contributed by atoms with Gasteiger partial charge < -0.3 is 4.74 Å². The molecular formula is C16H15ClF2O. The number of halogens is 3. The summed E-state index contributed by atoms with van der Waals surface area (Å²) in [4.78, 5) is 0. The first-order chi connectivity index (χ1) is 9.51. The zero-order valence-electron chi connectivity index (χ0n) is 11.3. The van der Waals surface area contributed by atoms with Crippen molar-refractivity contribution in [3.05, 3.63) is 64.7 Å². The molecule has 2 aromatic rings. The van der Waals surface area contributed by atoms with Gasteiger partial charge in [0.25, 0.3) is 0 Å². The number of methoxy groups -OCH3 is 1. The number of aryl methyl sites for hydroxylation is 1. The standard InChI is InChI=1S/C16H15ClF2O/c1-10-7-12(4-6-16(10)20-2)13(17)8-11-3-5-14(18)15(19)9-11/h3-7,9,13H,8H2,1-2H3. The van der Waals surface area contributed by atoms with Crippen molar-refractivity contribution in [2.24, 2.45) is 0 Å². The molecule has 0 N–H and O–H groups in total. The minimum Gasteiger partial charge on any atom is -0.496 e. The summed E-state index contributed by atoms with van der Waals surface area (Å²) in [6, 6.07) is 9.52. The summed E-state index contributed by atoms with van der Waals surface area (Å²) in [6.45, 7) is 1.93. The van der Waals surface area contributed by atoms with Crippen molar-refractivity contribution in [2.75, 3.05) is 7.11 Å². The lowest BCUT2D eigenvalue weighted by Crippen LogP contribution is -1.99. The van der Waals surface area contributed by atoms with Gasteiger partial charge in [-0.15, -0.1) is 11.6 Å². The van der Waals surface area contributed by atoms with Gasteiger partial charge in [-0.1, -0.05) is 18.2 Å². The van der Waals surface area contributed by atoms with Crippen LogP contribution in [0.4, 0.5) is 8.78 Å². The highest BCUT2D eigenvalue weighted by molar-refractivity contribution is 6.20. The fourth-order valence-corrected chi connectivity index (χ4v) is 2.40. The van der Waals surface area contributed by atoms with Gasteiger partial charge in [-0.3, -0.25) is 0 Å². The molecule has 2 rings (SSSR count). The Hall–Kier alpha value is -1.61. The van der Waals surface area contributed by atoms with E-state index in [-0.39, 0.29) is 5.38 Å². The van der Waals surface area contributed by atoms with Gasteiger partial charge >= 0.3 is 0 Å². The van der Waals surface area contributed by atoms with Gasteiger partial charge in [-0.25, -0.2) is 8.78 Å². The van der Waals surface area contributed by atoms with E-state index < -0.39 is 11.6 Å². The van der Waals surface area contributed by atoms with Crippen molar-refractivity contribution >= 4 is 11.6 Å². The predicted octanol–water partition coefficient (Wildman–Crippen LogP) is 4.80. The molecule has 0 aliphatic carbocycles. The fourth-order valence-electron chi connectivity index (χ4n) is 2.09. The minimum absolute atomic E-state index is 0.301. The molecule has 0 fully saturated rings. The Labute approximate surface area is 122 Å². The molecule has 1 nitrogen and oxygen atoms in total. The molecule has 4 heteroatoms. The molecule has 0 heterocycles. The van der Waals surface area contributed by atoms with Crippen LogP contribution in [0, 0.1) is 18.6 Å². The summed E-state index contributed by atoms with van der Waals surface area (Å²) in [5.74, 6) is -0.900. The zero-order valence-corrected chi connectivity index (χ0v) is 12.0. The second-order valence-electron chi connectivity index (χ2n) is 4.65. The van der Waals surface area contributed by atoms with Gasteiger partial charge in [0.15, 0.2) is 11.6 Å². The molecule has 106 valence electrons. The van der Waals surface area contributed by atoms with Crippen LogP contribution in [0.15, 0.2) is 36.4 Å². The molecular weight excluding hydrogens is 282 g/mol. The lowest BCUT2D eigenvalue weighted by molar-refractivity contribution is 0.411. The molecule has 0 aliphatic rings. The van der Waals surface area contributed by atoms with E-state index in [4.69, 9.17) is 16.3 Å². The molecule has 1 unspecified atom stereocenters. The maximum Gasteiger partial charge on any atom is 0.159 e. The second-order valence-corrected chi connectivity index (χ2v) is 5.18. The van der Waals surface area contributed by atoms with E-state index in [2.05, 4.69) is 0 Å². The molecule has 0 aromatic heterocycles. The highest BCUT2D eigenvalue weighted by atomic mass is 35.5. The van der Waals surface area contributed by atoms with Crippen LogP contribution in [-0.2, 0) is 6.42 Å². The molecule has 1 atom stereocenters. The molecule has 0 bridgehead atoms. The monoisotopic (exact) mass is 296 g/mol. The van der Waals surface area contributed by atoms with E-state index in [1.54, 1.807) is 13.2 Å². The molecule has 0 saturated heterocycles. The molecule has 20 heavy (non-hydrogen) atoms. The normalized spacial score (nSPS) is 12.2. The number of benzene rings is 2. The number of hydrogen-bond donors (Lipinski definition) is 0. The highest BCUT2D eigenvalue weighted by Crippen LogP contribution is 2.29. The van der Waals surface area contributed by atoms with Crippen molar-refractivity contribution in [1.82, 2.24) is 0 Å². The van der Waals surface area contributed by atoms with Gasteiger partial charge in [0.05, 0.1) is 12.5 Å². The molecule has 0 radical (unpaired) electrons. The third-order valence-electron chi connectivity index (χ3n) is 3.18. The van der Waals surface area contributed by atoms with Gasteiger partial charge in [0.2, 0.25) is 0 Å². The van der Waals surface area contributed by atoms with E-state index in [1.807, 2.05) is 25.1 Å². The van der Waals surface area contributed by atoms with Crippen molar-refractivity contribution in [1.29, 1.82) is 0 Å². The molecule has 0 amide bonds. The summed E-state index contributed by atoms with van der Waals surface area (Å²) in [6.07, 6.45) is 0.435. The molecule has 0 saturated carbocycles. The van der Waals surface area contributed by atoms with Crippen LogP contribution < -0.4 is 4.74 Å². The Morgan fingerprint density at radius 3 is 2.45 bits per heavy atom. The average Bonchev–Trinajstić information content (AvgIpc) is 2.42. The molecule has 2 aromatic carbocycles. The van der Waals surface area contributed by atoms with E-state index in [1.165, 1.54) is 6.07 Å². The maximum atomic E-state index is 13.2. The summed E-state index contributed by atoms with van der Waals surface area (Å²) < 4.78 is 31.2. The Morgan fingerprint density at radius 2 is 1.85 bits per heavy atom. The maximum absolute atomic E-state index is 13.2. The lowest BCUT2D eigenvalue weighted by atomic mass is 10.0. The topological polar surface area (TPSA) is 9.23 Å². The zero-order chi connectivity index (χ0) is 14.7. The van der Waals surface area contributed by atoms with Crippen LogP contribution in [0.1, 0.15) is 22.1 Å². The lowest BCUT2D eigenvalue weighted by Gasteiger charge is -2.13. The summed E-state index contributed by atoms with van der Waals surface area (Å²) in [5.41, 5.74) is 2.58.